The van der Waals surface area contributed by atoms with Gasteiger partial charge in [-0.2, -0.15) is 0 Å². The number of thiazole rings is 1. The molecule has 0 spiro atoms. The molecule has 0 unspecified atom stereocenters. The lowest BCUT2D eigenvalue weighted by Crippen LogP contribution is -2.25. The second-order valence-corrected chi connectivity index (χ2v) is 6.69. The Morgan fingerprint density at radius 3 is 3.00 bits per heavy atom. The van der Waals surface area contributed by atoms with Gasteiger partial charge >= 0.3 is 5.97 Å². The third-order valence-electron chi connectivity index (χ3n) is 3.99. The molecule has 10 heteroatoms. The van der Waals surface area contributed by atoms with Crippen molar-refractivity contribution in [2.45, 2.75) is 0 Å². The molecule has 0 radical (unpaired) electrons. The van der Waals surface area contributed by atoms with Crippen molar-refractivity contribution < 1.29 is 23.9 Å². The van der Waals surface area contributed by atoms with Crippen LogP contribution in [-0.2, 0) is 9.53 Å². The van der Waals surface area contributed by atoms with E-state index in [1.807, 2.05) is 0 Å². The Balaban J connectivity index is 1.48. The van der Waals surface area contributed by atoms with Gasteiger partial charge in [-0.05, 0) is 24.3 Å². The molecule has 9 nitrogen and oxygen atoms in total. The Morgan fingerprint density at radius 2 is 2.18 bits per heavy atom. The molecule has 2 aromatic heterocycles. The van der Waals surface area contributed by atoms with Crippen LogP contribution in [0.4, 0.5) is 10.8 Å². The van der Waals surface area contributed by atoms with Crippen LogP contribution in [0.15, 0.2) is 35.8 Å². The third kappa shape index (κ3) is 3.45. The molecular weight excluding hydrogens is 384 g/mol. The van der Waals surface area contributed by atoms with Crippen molar-refractivity contribution in [2.75, 3.05) is 24.4 Å². The highest BCUT2D eigenvalue weighted by molar-refractivity contribution is 7.14. The van der Waals surface area contributed by atoms with Crippen LogP contribution < -0.4 is 15.4 Å². The number of aromatic amines is 1. The first kappa shape index (κ1) is 17.7. The van der Waals surface area contributed by atoms with Crippen LogP contribution >= 0.6 is 11.3 Å². The lowest BCUT2D eigenvalue weighted by Gasteiger charge is -2.18. The monoisotopic (exact) mass is 398 g/mol. The van der Waals surface area contributed by atoms with Gasteiger partial charge in [0.05, 0.1) is 18.5 Å². The predicted octanol–water partition coefficient (Wildman–Crippen LogP) is 2.51. The number of methoxy groups -OCH3 is 1. The van der Waals surface area contributed by atoms with E-state index in [0.29, 0.717) is 39.1 Å². The minimum atomic E-state index is -0.471. The molecule has 142 valence electrons. The van der Waals surface area contributed by atoms with Crippen molar-refractivity contribution in [2.24, 2.45) is 0 Å². The standard InChI is InChI=1S/C18H14N4O5S/c1-26-17(25)12-4-10(6-19-12)13-8-28-18(21-13)22-16(24)9-2-3-11-14(5-9)27-7-15(23)20-11/h2-6,8,19H,7H2,1H3,(H,20,23)(H,21,22,24). The fourth-order valence-electron chi connectivity index (χ4n) is 2.62. The number of aromatic nitrogens is 2. The lowest BCUT2D eigenvalue weighted by molar-refractivity contribution is -0.118. The minimum absolute atomic E-state index is 0.0852. The maximum atomic E-state index is 12.5. The number of nitrogens with one attached hydrogen (secondary N) is 3. The molecule has 2 amide bonds. The van der Waals surface area contributed by atoms with Gasteiger partial charge in [0.2, 0.25) is 0 Å². The van der Waals surface area contributed by atoms with Crippen LogP contribution in [0.25, 0.3) is 11.3 Å². The normalized spacial score (nSPS) is 12.5. The lowest BCUT2D eigenvalue weighted by atomic mass is 10.1. The van der Waals surface area contributed by atoms with Crippen molar-refractivity contribution in [1.82, 2.24) is 9.97 Å². The van der Waals surface area contributed by atoms with Gasteiger partial charge in [-0.15, -0.1) is 11.3 Å². The molecule has 0 atom stereocenters. The zero-order chi connectivity index (χ0) is 19.7. The Bertz CT molecular complexity index is 1090. The molecule has 3 aromatic rings. The van der Waals surface area contributed by atoms with Crippen LogP contribution in [0.3, 0.4) is 0 Å². The van der Waals surface area contributed by atoms with Crippen molar-refractivity contribution in [3.05, 3.63) is 47.1 Å². The van der Waals surface area contributed by atoms with Crippen LogP contribution in [0.5, 0.6) is 5.75 Å². The molecule has 0 bridgehead atoms. The average Bonchev–Trinajstić information content (AvgIpc) is 3.36. The highest BCUT2D eigenvalue weighted by Crippen LogP contribution is 2.30. The van der Waals surface area contributed by atoms with Crippen LogP contribution in [0, 0.1) is 0 Å². The number of amides is 2. The fourth-order valence-corrected chi connectivity index (χ4v) is 3.33. The number of esters is 1. The van der Waals surface area contributed by atoms with Gasteiger partial charge in [-0.25, -0.2) is 9.78 Å². The topological polar surface area (TPSA) is 122 Å². The van der Waals surface area contributed by atoms with E-state index in [2.05, 4.69) is 25.3 Å². The van der Waals surface area contributed by atoms with Gasteiger partial charge < -0.3 is 19.8 Å². The van der Waals surface area contributed by atoms with Crippen LogP contribution in [0.2, 0.25) is 0 Å². The SMILES string of the molecule is COC(=O)c1cc(-c2csc(NC(=O)c3ccc4c(c3)OCC(=O)N4)n2)c[nH]1. The fraction of sp³-hybridized carbons (Fsp3) is 0.111. The van der Waals surface area contributed by atoms with E-state index in [-0.39, 0.29) is 18.4 Å². The highest BCUT2D eigenvalue weighted by Gasteiger charge is 2.19. The van der Waals surface area contributed by atoms with Gasteiger partial charge in [-0.3, -0.25) is 14.9 Å². The molecule has 1 aliphatic rings. The molecule has 0 fully saturated rings. The first-order valence-corrected chi connectivity index (χ1v) is 9.02. The summed E-state index contributed by atoms with van der Waals surface area (Å²) in [5, 5.41) is 7.58. The Morgan fingerprint density at radius 1 is 1.32 bits per heavy atom. The summed E-state index contributed by atoms with van der Waals surface area (Å²) in [6.45, 7) is -0.0852. The molecule has 28 heavy (non-hydrogen) atoms. The second kappa shape index (κ2) is 7.16. The van der Waals surface area contributed by atoms with Crippen LogP contribution in [-0.4, -0.2) is 41.5 Å². The van der Waals surface area contributed by atoms with Crippen molar-refractivity contribution in [3.63, 3.8) is 0 Å². The van der Waals surface area contributed by atoms with Crippen molar-refractivity contribution >= 4 is 39.9 Å². The Kier molecular flexibility index (Phi) is 4.53. The Hall–Kier alpha value is -3.66. The van der Waals surface area contributed by atoms with Gasteiger partial charge in [0, 0.05) is 22.7 Å². The molecule has 0 saturated heterocycles. The molecule has 0 aliphatic carbocycles. The molecule has 3 heterocycles. The summed E-state index contributed by atoms with van der Waals surface area (Å²) >= 11 is 1.26. The first-order valence-electron chi connectivity index (χ1n) is 8.14. The molecule has 3 N–H and O–H groups in total. The van der Waals surface area contributed by atoms with Gasteiger partial charge in [-0.1, -0.05) is 0 Å². The van der Waals surface area contributed by atoms with E-state index < -0.39 is 5.97 Å². The number of benzene rings is 1. The number of rotatable bonds is 4. The summed E-state index contributed by atoms with van der Waals surface area (Å²) in [5.41, 5.74) is 2.54. The molecule has 1 aromatic carbocycles. The summed E-state index contributed by atoms with van der Waals surface area (Å²) < 4.78 is 9.98. The van der Waals surface area contributed by atoms with Crippen molar-refractivity contribution in [1.29, 1.82) is 0 Å². The number of hydrogen-bond donors (Lipinski definition) is 3. The summed E-state index contributed by atoms with van der Waals surface area (Å²) in [7, 11) is 1.30. The van der Waals surface area contributed by atoms with E-state index in [4.69, 9.17) is 4.74 Å². The maximum absolute atomic E-state index is 12.5. The Labute approximate surface area is 162 Å². The van der Waals surface area contributed by atoms with Gasteiger partial charge in [0.1, 0.15) is 11.4 Å². The van der Waals surface area contributed by atoms with Crippen LogP contribution in [0.1, 0.15) is 20.8 Å². The molecule has 4 rings (SSSR count). The second-order valence-electron chi connectivity index (χ2n) is 5.83. The zero-order valence-corrected chi connectivity index (χ0v) is 15.4. The van der Waals surface area contributed by atoms with Crippen molar-refractivity contribution in [3.8, 4) is 17.0 Å². The van der Waals surface area contributed by atoms with Gasteiger partial charge in [0.15, 0.2) is 11.7 Å². The summed E-state index contributed by atoms with van der Waals surface area (Å²) in [5.74, 6) is -0.621. The summed E-state index contributed by atoms with van der Waals surface area (Å²) in [4.78, 5) is 42.5. The van der Waals surface area contributed by atoms with E-state index in [9.17, 15) is 14.4 Å². The number of nitrogens with zero attached hydrogens (tertiary/aromatic N) is 1. The smallest absolute Gasteiger partial charge is 0.354 e. The molecule has 0 saturated carbocycles. The number of H-pyrrole nitrogens is 1. The van der Waals surface area contributed by atoms with E-state index >= 15 is 0 Å². The minimum Gasteiger partial charge on any atom is -0.482 e. The number of anilines is 2. The first-order chi connectivity index (χ1) is 13.5. The number of carbonyl (C=O) groups is 3. The summed E-state index contributed by atoms with van der Waals surface area (Å²) in [6, 6.07) is 6.39. The number of fused-ring (bicyclic) bond motifs is 1. The third-order valence-corrected chi connectivity index (χ3v) is 4.74. The van der Waals surface area contributed by atoms with E-state index in [0.717, 1.165) is 0 Å². The van der Waals surface area contributed by atoms with E-state index in [1.165, 1.54) is 18.4 Å². The summed E-state index contributed by atoms with van der Waals surface area (Å²) in [6.07, 6.45) is 1.64. The maximum Gasteiger partial charge on any atom is 0.354 e. The molecule has 1 aliphatic heterocycles. The highest BCUT2D eigenvalue weighted by atomic mass is 32.1. The number of ether oxygens (including phenoxy) is 2. The number of carbonyl (C=O) groups excluding carboxylic acids is 3. The van der Waals surface area contributed by atoms with Gasteiger partial charge in [0.25, 0.3) is 11.8 Å². The number of hydrogen-bond acceptors (Lipinski definition) is 7. The quantitative estimate of drug-likeness (QED) is 0.581. The molecular formula is C18H14N4O5S. The predicted molar refractivity (Wildman–Crippen MR) is 102 cm³/mol. The van der Waals surface area contributed by atoms with E-state index in [1.54, 1.807) is 35.8 Å². The average molecular weight is 398 g/mol. The zero-order valence-electron chi connectivity index (χ0n) is 14.6. The largest absolute Gasteiger partial charge is 0.482 e.